The average molecular weight is 805 g/mol. The Labute approximate surface area is 336 Å². The summed E-state index contributed by atoms with van der Waals surface area (Å²) in [5.74, 6) is 0.742. The van der Waals surface area contributed by atoms with Gasteiger partial charge in [-0.2, -0.15) is 0 Å². The fraction of sp³-hybridized carbons (Fsp3) is 0. The molecule has 0 N–H and O–H groups in total. The Morgan fingerprint density at radius 3 is 1.82 bits per heavy atom. The van der Waals surface area contributed by atoms with E-state index in [0.29, 0.717) is 0 Å². The molecular formula is C52H33GeN3S. The molecule has 1 aliphatic rings. The third kappa shape index (κ3) is 4.66. The van der Waals surface area contributed by atoms with Gasteiger partial charge in [-0.3, -0.25) is 0 Å². The van der Waals surface area contributed by atoms with Crippen molar-refractivity contribution >= 4 is 84.3 Å². The van der Waals surface area contributed by atoms with E-state index in [-0.39, 0.29) is 0 Å². The van der Waals surface area contributed by atoms with Crippen molar-refractivity contribution in [1.82, 2.24) is 14.5 Å². The maximum absolute atomic E-state index is 5.90. The molecule has 0 unspecified atom stereocenters. The van der Waals surface area contributed by atoms with Crippen molar-refractivity contribution in [3.05, 3.63) is 200 Å². The second-order valence-corrected chi connectivity index (χ2v) is 23.6. The summed E-state index contributed by atoms with van der Waals surface area (Å²) >= 11 is -1.85. The summed E-state index contributed by atoms with van der Waals surface area (Å²) in [5.41, 5.74) is 8.89. The number of thiophene rings is 1. The molecule has 5 heteroatoms. The number of fused-ring (bicyclic) bond motifs is 10. The van der Waals surface area contributed by atoms with Crippen LogP contribution in [0.4, 0.5) is 0 Å². The topological polar surface area (TPSA) is 30.7 Å². The van der Waals surface area contributed by atoms with E-state index in [4.69, 9.17) is 9.97 Å². The summed E-state index contributed by atoms with van der Waals surface area (Å²) in [6, 6.07) is 73.1. The maximum atomic E-state index is 5.90. The first-order valence-corrected chi connectivity index (χ1v) is 24.4. The van der Waals surface area contributed by atoms with Gasteiger partial charge >= 0.3 is 332 Å². The SMILES string of the molecule is c1ccc(-c2nc(-c3ccccc3-n3c4ccccc4c4c5c(ccc43)sc3ccccc35)n[c]3c2-c2cccc[c]2[Ge]3([c]2ccccc2)[c]2ccccc2)cc1. The molecule has 0 fully saturated rings. The molecule has 0 saturated heterocycles. The normalized spacial score (nSPS) is 13.1. The quantitative estimate of drug-likeness (QED) is 0.162. The fourth-order valence-electron chi connectivity index (χ4n) is 9.59. The second kappa shape index (κ2) is 12.7. The van der Waals surface area contributed by atoms with E-state index in [1.807, 2.05) is 11.3 Å². The zero-order chi connectivity index (χ0) is 37.5. The number of rotatable bonds is 5. The molecule has 0 radical (unpaired) electrons. The van der Waals surface area contributed by atoms with Gasteiger partial charge < -0.3 is 0 Å². The first-order valence-electron chi connectivity index (χ1n) is 19.4. The molecule has 0 saturated carbocycles. The van der Waals surface area contributed by atoms with Gasteiger partial charge in [0.1, 0.15) is 0 Å². The number of hydrogen-bond acceptors (Lipinski definition) is 3. The van der Waals surface area contributed by atoms with Crippen LogP contribution in [0.1, 0.15) is 0 Å². The van der Waals surface area contributed by atoms with Gasteiger partial charge in [-0.1, -0.05) is 6.07 Å². The van der Waals surface area contributed by atoms with Gasteiger partial charge in [-0.05, 0) is 0 Å². The Morgan fingerprint density at radius 2 is 1.05 bits per heavy atom. The number of benzene rings is 8. The first kappa shape index (κ1) is 32.6. The Balaban J connectivity index is 1.21. The van der Waals surface area contributed by atoms with Crippen molar-refractivity contribution in [2.24, 2.45) is 0 Å². The molecule has 0 amide bonds. The Kier molecular flexibility index (Phi) is 7.28. The summed E-state index contributed by atoms with van der Waals surface area (Å²) in [6.07, 6.45) is 0. The van der Waals surface area contributed by atoms with Crippen LogP contribution in [0.5, 0.6) is 0 Å². The van der Waals surface area contributed by atoms with Gasteiger partial charge in [0.05, 0.1) is 0 Å². The summed E-state index contributed by atoms with van der Waals surface area (Å²) in [6.45, 7) is 0. The molecule has 3 nitrogen and oxygen atoms in total. The predicted octanol–water partition coefficient (Wildman–Crippen LogP) is 10.6. The Morgan fingerprint density at radius 1 is 0.439 bits per heavy atom. The van der Waals surface area contributed by atoms with Gasteiger partial charge in [0.2, 0.25) is 0 Å². The molecule has 8 aromatic carbocycles. The minimum atomic E-state index is -3.72. The van der Waals surface area contributed by atoms with E-state index in [0.717, 1.165) is 33.9 Å². The standard InChI is InChI=1S/C52H33GeN3S/c1-4-18-34(19-5-1)50-49-37-24-10-14-28-41(37)53(35-20-6-2-7-21-35,36-22-8-3-9-23-36)51(49)55-52(54-50)39-26-12-16-30-43(39)56-42-29-15-11-25-38(42)47-44(56)32-33-46-48(47)40-27-13-17-31-45(40)57-46/h1-33H. The van der Waals surface area contributed by atoms with Crippen LogP contribution in [0.3, 0.4) is 0 Å². The third-order valence-electron chi connectivity index (χ3n) is 11.9. The van der Waals surface area contributed by atoms with Gasteiger partial charge in [0.15, 0.2) is 0 Å². The number of aromatic nitrogens is 3. The van der Waals surface area contributed by atoms with Crippen molar-refractivity contribution in [1.29, 1.82) is 0 Å². The summed E-state index contributed by atoms with van der Waals surface area (Å²) in [5, 5.41) is 5.15. The number of hydrogen-bond donors (Lipinski definition) is 0. The monoisotopic (exact) mass is 805 g/mol. The van der Waals surface area contributed by atoms with Crippen LogP contribution in [-0.2, 0) is 0 Å². The third-order valence-corrected chi connectivity index (χ3v) is 22.9. The molecule has 0 aliphatic carbocycles. The van der Waals surface area contributed by atoms with Gasteiger partial charge in [-0.25, -0.2) is 0 Å². The summed E-state index contributed by atoms with van der Waals surface area (Å²) < 4.78 is 10.4. The van der Waals surface area contributed by atoms with E-state index >= 15 is 0 Å². The van der Waals surface area contributed by atoms with Crippen LogP contribution < -0.4 is 17.7 Å². The molecule has 11 aromatic rings. The molecule has 0 spiro atoms. The van der Waals surface area contributed by atoms with Crippen LogP contribution in [0, 0.1) is 0 Å². The molecular weight excluding hydrogens is 771 g/mol. The summed E-state index contributed by atoms with van der Waals surface area (Å²) in [4.78, 5) is 11.6. The van der Waals surface area contributed by atoms with Crippen LogP contribution in [0.2, 0.25) is 0 Å². The predicted molar refractivity (Wildman–Crippen MR) is 243 cm³/mol. The van der Waals surface area contributed by atoms with Crippen LogP contribution in [-0.4, -0.2) is 27.8 Å². The van der Waals surface area contributed by atoms with Crippen molar-refractivity contribution in [2.45, 2.75) is 0 Å². The van der Waals surface area contributed by atoms with Crippen LogP contribution >= 0.6 is 11.3 Å². The van der Waals surface area contributed by atoms with Crippen molar-refractivity contribution in [2.75, 3.05) is 0 Å². The molecule has 0 atom stereocenters. The average Bonchev–Trinajstić information content (AvgIpc) is 3.93. The van der Waals surface area contributed by atoms with Crippen molar-refractivity contribution in [3.63, 3.8) is 0 Å². The minimum absolute atomic E-state index is 0.742. The zero-order valence-corrected chi connectivity index (χ0v) is 33.7. The number of nitrogens with zero attached hydrogens (tertiary/aromatic N) is 3. The van der Waals surface area contributed by atoms with E-state index in [9.17, 15) is 0 Å². The second-order valence-electron chi connectivity index (χ2n) is 14.8. The molecule has 0 bridgehead atoms. The zero-order valence-electron chi connectivity index (χ0n) is 30.8. The molecule has 266 valence electrons. The van der Waals surface area contributed by atoms with Crippen molar-refractivity contribution in [3.8, 4) is 39.5 Å². The van der Waals surface area contributed by atoms with Gasteiger partial charge in [0, 0.05) is 0 Å². The van der Waals surface area contributed by atoms with E-state index < -0.39 is 13.3 Å². The van der Waals surface area contributed by atoms with E-state index in [1.165, 1.54) is 65.3 Å². The molecule has 4 heterocycles. The molecule has 1 aliphatic heterocycles. The van der Waals surface area contributed by atoms with E-state index in [2.05, 4.69) is 205 Å². The number of para-hydroxylation sites is 2. The Bertz CT molecular complexity index is 3310. The fourth-order valence-corrected chi connectivity index (χ4v) is 21.2. The van der Waals surface area contributed by atoms with Gasteiger partial charge in [0.25, 0.3) is 0 Å². The van der Waals surface area contributed by atoms with Crippen molar-refractivity contribution < 1.29 is 0 Å². The first-order chi connectivity index (χ1) is 28.3. The molecule has 12 rings (SSSR count). The van der Waals surface area contributed by atoms with Crippen LogP contribution in [0.15, 0.2) is 200 Å². The summed E-state index contributed by atoms with van der Waals surface area (Å²) in [7, 11) is 0. The molecule has 3 aromatic heterocycles. The van der Waals surface area contributed by atoms with Gasteiger partial charge in [-0.15, -0.1) is 0 Å². The Hall–Kier alpha value is -6.60. The van der Waals surface area contributed by atoms with E-state index in [1.54, 1.807) is 0 Å². The molecule has 57 heavy (non-hydrogen) atoms. The van der Waals surface area contributed by atoms with Crippen LogP contribution in [0.25, 0.3) is 81.4 Å².